The Morgan fingerprint density at radius 3 is 0.735 bits per heavy atom. The van der Waals surface area contributed by atoms with Crippen molar-refractivity contribution in [3.05, 3.63) is 108 Å². The molecule has 3 aromatic rings. The van der Waals surface area contributed by atoms with Gasteiger partial charge in [0.1, 0.15) is 0 Å². The van der Waals surface area contributed by atoms with Crippen LogP contribution in [-0.2, 0) is 47.6 Å². The van der Waals surface area contributed by atoms with Gasteiger partial charge in [-0.05, 0) is 16.7 Å². The van der Waals surface area contributed by atoms with Crippen LogP contribution in [0.4, 0.5) is 0 Å². The Kier molecular flexibility index (Phi) is 15.1. The van der Waals surface area contributed by atoms with Gasteiger partial charge in [-0.1, -0.05) is 91.0 Å². The van der Waals surface area contributed by atoms with Gasteiger partial charge in [-0.3, -0.25) is 0 Å². The van der Waals surface area contributed by atoms with Gasteiger partial charge in [-0.15, -0.1) is 0 Å². The van der Waals surface area contributed by atoms with E-state index in [1.807, 2.05) is 0 Å². The summed E-state index contributed by atoms with van der Waals surface area (Å²) in [5.41, 5.74) is 1.59. The van der Waals surface area contributed by atoms with Crippen molar-refractivity contribution < 1.29 is 80.7 Å². The largest absolute Gasteiger partial charge is 3.00 e. The molecule has 3 rings (SSSR count). The number of hydrogen-bond donors (Lipinski definition) is 0. The van der Waals surface area contributed by atoms with Crippen LogP contribution in [0.2, 0.25) is 0 Å². The maximum Gasteiger partial charge on any atom is 3.00 e. The van der Waals surface area contributed by atoms with Crippen molar-refractivity contribution in [2.75, 3.05) is 0 Å². The van der Waals surface area contributed by atoms with Gasteiger partial charge in [0.05, 0.1) is 47.6 Å². The monoisotopic (exact) mass is 653 g/mol. The normalized spacial score (nSPS) is 11.0. The molecule has 3 aromatic carbocycles. The van der Waals surface area contributed by atoms with Crippen LogP contribution in [0.1, 0.15) is 16.7 Å². The molecule has 0 heterocycles. The minimum atomic E-state index is -4.13. The summed E-state index contributed by atoms with van der Waals surface area (Å²) in [6.45, 7) is 0. The SMILES string of the molecule is O=S(=O)([O-])Cc1ccccc1.O=S(=O)([O-])Cc1ccccc1.O=S(=O)([O-])Cc1ccccc1.[Ce+3]. The Morgan fingerprint density at radius 2 is 0.588 bits per heavy atom. The van der Waals surface area contributed by atoms with Gasteiger partial charge in [-0.2, -0.15) is 0 Å². The van der Waals surface area contributed by atoms with Crippen molar-refractivity contribution in [2.45, 2.75) is 17.3 Å². The topological polar surface area (TPSA) is 172 Å². The Bertz CT molecular complexity index is 1120. The van der Waals surface area contributed by atoms with E-state index >= 15 is 0 Å². The standard InChI is InChI=1S/3C7H8O3S.Ce/c3*8-11(9,10)6-7-4-2-1-3-5-7;/h3*1-5H,6H2,(H,8,9,10);/q;;;+3/p-3. The van der Waals surface area contributed by atoms with E-state index in [1.165, 1.54) is 0 Å². The van der Waals surface area contributed by atoms with Gasteiger partial charge >= 0.3 is 41.7 Å². The third-order valence-corrected chi connectivity index (χ3v) is 5.62. The molecule has 0 fully saturated rings. The third-order valence-electron chi connectivity index (χ3n) is 3.56. The second-order valence-electron chi connectivity index (χ2n) is 6.56. The second kappa shape index (κ2) is 15.7. The van der Waals surface area contributed by atoms with Crippen LogP contribution >= 0.6 is 0 Å². The summed E-state index contributed by atoms with van der Waals surface area (Å²) in [6.07, 6.45) is 0. The zero-order valence-corrected chi connectivity index (χ0v) is 23.3. The summed E-state index contributed by atoms with van der Waals surface area (Å²) in [6, 6.07) is 25.1. The van der Waals surface area contributed by atoms with E-state index in [-0.39, 0.29) is 41.7 Å². The Balaban J connectivity index is 0.000000473. The molecule has 0 spiro atoms. The van der Waals surface area contributed by atoms with Gasteiger partial charge in [0.25, 0.3) is 0 Å². The Labute approximate surface area is 233 Å². The first-order valence-corrected chi connectivity index (χ1v) is 13.9. The van der Waals surface area contributed by atoms with Gasteiger partial charge < -0.3 is 13.7 Å². The van der Waals surface area contributed by atoms with Crippen molar-refractivity contribution in [3.8, 4) is 0 Å². The second-order valence-corrected chi connectivity index (χ2v) is 10.8. The van der Waals surface area contributed by atoms with E-state index in [0.29, 0.717) is 16.7 Å². The molecule has 0 saturated carbocycles. The molecule has 34 heavy (non-hydrogen) atoms. The molecule has 13 heteroatoms. The molecule has 0 aliphatic heterocycles. The molecule has 0 amide bonds. The molecule has 0 aliphatic rings. The van der Waals surface area contributed by atoms with E-state index in [2.05, 4.69) is 0 Å². The molecular formula is C21H21CeO9S3. The van der Waals surface area contributed by atoms with Crippen LogP contribution in [0, 0.1) is 41.7 Å². The molecule has 181 valence electrons. The minimum Gasteiger partial charge on any atom is -0.748 e. The van der Waals surface area contributed by atoms with Crippen LogP contribution in [0.3, 0.4) is 0 Å². The van der Waals surface area contributed by atoms with Crippen molar-refractivity contribution in [3.63, 3.8) is 0 Å². The van der Waals surface area contributed by atoms with Crippen molar-refractivity contribution in [1.29, 1.82) is 0 Å². The maximum absolute atomic E-state index is 10.2. The van der Waals surface area contributed by atoms with Gasteiger partial charge in [-0.25, -0.2) is 25.3 Å². The van der Waals surface area contributed by atoms with E-state index in [1.54, 1.807) is 91.0 Å². The number of benzene rings is 3. The molecule has 0 N–H and O–H groups in total. The molecule has 0 unspecified atom stereocenters. The fraction of sp³-hybridized carbons (Fsp3) is 0.143. The van der Waals surface area contributed by atoms with Crippen molar-refractivity contribution in [2.24, 2.45) is 0 Å². The summed E-state index contributed by atoms with van der Waals surface area (Å²) in [5, 5.41) is 0. The molecule has 0 bridgehead atoms. The first kappa shape index (κ1) is 32.8. The predicted octanol–water partition coefficient (Wildman–Crippen LogP) is 2.20. The molecule has 0 saturated heterocycles. The van der Waals surface area contributed by atoms with E-state index < -0.39 is 47.6 Å². The molecule has 0 atom stereocenters. The van der Waals surface area contributed by atoms with E-state index in [0.717, 1.165) is 0 Å². The third kappa shape index (κ3) is 19.1. The van der Waals surface area contributed by atoms with Gasteiger partial charge in [0, 0.05) is 0 Å². The first-order valence-electron chi connectivity index (χ1n) is 9.16. The maximum atomic E-state index is 10.2. The number of rotatable bonds is 6. The fourth-order valence-electron chi connectivity index (χ4n) is 2.34. The summed E-state index contributed by atoms with van der Waals surface area (Å²) >= 11 is 0. The molecule has 0 aliphatic carbocycles. The summed E-state index contributed by atoms with van der Waals surface area (Å²) in [4.78, 5) is 0. The smallest absolute Gasteiger partial charge is 0.748 e. The van der Waals surface area contributed by atoms with Crippen molar-refractivity contribution in [1.82, 2.24) is 0 Å². The van der Waals surface area contributed by atoms with Crippen molar-refractivity contribution >= 4 is 30.4 Å². The minimum absolute atomic E-state index is 0. The van der Waals surface area contributed by atoms with Crippen LogP contribution in [0.5, 0.6) is 0 Å². The Hall–Kier alpha value is -1.23. The van der Waals surface area contributed by atoms with Crippen LogP contribution < -0.4 is 0 Å². The quantitative estimate of drug-likeness (QED) is 0.362. The first-order chi connectivity index (χ1) is 15.2. The van der Waals surface area contributed by atoms with Crippen LogP contribution in [0.25, 0.3) is 0 Å². The Morgan fingerprint density at radius 1 is 0.412 bits per heavy atom. The molecule has 0 aromatic heterocycles. The average molecular weight is 654 g/mol. The number of hydrogen-bond acceptors (Lipinski definition) is 9. The fourth-order valence-corrected chi connectivity index (χ4v) is 4.14. The zero-order valence-electron chi connectivity index (χ0n) is 17.7. The zero-order chi connectivity index (χ0) is 25.0. The molecule has 9 nitrogen and oxygen atoms in total. The summed E-state index contributed by atoms with van der Waals surface area (Å²) < 4.78 is 92.2. The van der Waals surface area contributed by atoms with Gasteiger partial charge in [0.15, 0.2) is 0 Å². The average Bonchev–Trinajstić information content (AvgIpc) is 2.67. The summed E-state index contributed by atoms with van der Waals surface area (Å²) in [7, 11) is -12.4. The van der Waals surface area contributed by atoms with Crippen LogP contribution in [0.15, 0.2) is 91.0 Å². The predicted molar refractivity (Wildman–Crippen MR) is 120 cm³/mol. The molecular weight excluding hydrogens is 633 g/mol. The van der Waals surface area contributed by atoms with Gasteiger partial charge in [0.2, 0.25) is 0 Å². The van der Waals surface area contributed by atoms with E-state index in [4.69, 9.17) is 0 Å². The van der Waals surface area contributed by atoms with Crippen LogP contribution in [-0.4, -0.2) is 38.9 Å². The molecule has 1 radical (unpaired) electrons. The van der Waals surface area contributed by atoms with E-state index in [9.17, 15) is 38.9 Å². The summed E-state index contributed by atoms with van der Waals surface area (Å²) in [5.74, 6) is -1.27.